The highest BCUT2D eigenvalue weighted by atomic mass is 19.4. The average molecular weight is 504 g/mol. The van der Waals surface area contributed by atoms with Crippen molar-refractivity contribution in [2.75, 3.05) is 0 Å². The molecule has 0 fully saturated rings. The maximum atomic E-state index is 14.6. The number of hydrogen-bond donors (Lipinski definition) is 0. The first-order valence-electron chi connectivity index (χ1n) is 10.2. The molecule has 1 nitrogen and oxygen atoms in total. The lowest BCUT2D eigenvalue weighted by Gasteiger charge is -2.19. The Hall–Kier alpha value is -3.43. The van der Waals surface area contributed by atoms with E-state index < -0.39 is 69.6 Å². The molecule has 0 aliphatic carbocycles. The van der Waals surface area contributed by atoms with Crippen LogP contribution in [0, 0.1) is 23.3 Å². The van der Waals surface area contributed by atoms with Gasteiger partial charge in [-0.15, -0.1) is 0 Å². The van der Waals surface area contributed by atoms with Gasteiger partial charge in [-0.05, 0) is 47.9 Å². The van der Waals surface area contributed by atoms with Gasteiger partial charge in [0.15, 0.2) is 0 Å². The van der Waals surface area contributed by atoms with E-state index in [2.05, 4.69) is 4.74 Å². The summed E-state index contributed by atoms with van der Waals surface area (Å²) in [6.45, 7) is 1.92. The summed E-state index contributed by atoms with van der Waals surface area (Å²) in [6, 6.07) is 6.84. The minimum atomic E-state index is -4.84. The minimum Gasteiger partial charge on any atom is -0.429 e. The molecule has 0 heterocycles. The molecule has 0 unspecified atom stereocenters. The first-order valence-corrected chi connectivity index (χ1v) is 10.2. The SMILES string of the molecule is CCCc1ccc(C(F)(F)Oc2cc(F)c(-c3cc(F)c(/C=C/C(F)(F)F)c(F)c3)c(F)c2)cc1. The molecule has 0 saturated carbocycles. The fraction of sp³-hybridized carbons (Fsp3) is 0.200. The third-order valence-electron chi connectivity index (χ3n) is 4.90. The van der Waals surface area contributed by atoms with Crippen molar-refractivity contribution in [1.82, 2.24) is 0 Å². The quantitative estimate of drug-likeness (QED) is 0.293. The van der Waals surface area contributed by atoms with Crippen molar-refractivity contribution in [1.29, 1.82) is 0 Å². The van der Waals surface area contributed by atoms with E-state index in [4.69, 9.17) is 0 Å². The summed E-state index contributed by atoms with van der Waals surface area (Å²) in [6.07, 6.45) is -7.59. The van der Waals surface area contributed by atoms with Gasteiger partial charge in [-0.3, -0.25) is 0 Å². The fourth-order valence-electron chi connectivity index (χ4n) is 3.31. The van der Waals surface area contributed by atoms with Crippen molar-refractivity contribution in [2.45, 2.75) is 32.1 Å². The van der Waals surface area contributed by atoms with Crippen LogP contribution in [0.25, 0.3) is 17.2 Å². The van der Waals surface area contributed by atoms with Gasteiger partial charge in [0.25, 0.3) is 0 Å². The van der Waals surface area contributed by atoms with E-state index in [0.717, 1.165) is 24.1 Å². The number of alkyl halides is 5. The van der Waals surface area contributed by atoms with Crippen molar-refractivity contribution >= 4 is 6.08 Å². The molecule has 0 saturated heterocycles. The van der Waals surface area contributed by atoms with E-state index in [1.165, 1.54) is 12.1 Å². The van der Waals surface area contributed by atoms with Gasteiger partial charge in [0, 0.05) is 23.8 Å². The maximum absolute atomic E-state index is 14.6. The predicted octanol–water partition coefficient (Wildman–Crippen LogP) is 8.57. The Morgan fingerprint density at radius 2 is 1.31 bits per heavy atom. The third kappa shape index (κ3) is 6.37. The number of halogens is 9. The number of aryl methyl sites for hydroxylation is 1. The average Bonchev–Trinajstić information content (AvgIpc) is 2.72. The van der Waals surface area contributed by atoms with Crippen LogP contribution in [0.3, 0.4) is 0 Å². The van der Waals surface area contributed by atoms with Crippen LogP contribution < -0.4 is 4.74 Å². The Balaban J connectivity index is 1.91. The zero-order valence-corrected chi connectivity index (χ0v) is 18.0. The van der Waals surface area contributed by atoms with E-state index in [9.17, 15) is 39.5 Å². The van der Waals surface area contributed by atoms with Gasteiger partial charge in [0.1, 0.15) is 29.0 Å². The third-order valence-corrected chi connectivity index (χ3v) is 4.90. The van der Waals surface area contributed by atoms with Crippen LogP contribution in [0.2, 0.25) is 0 Å². The molecule has 0 aliphatic heterocycles. The number of allylic oxidation sites excluding steroid dienone is 1. The lowest BCUT2D eigenvalue weighted by Crippen LogP contribution is -2.22. The zero-order valence-electron chi connectivity index (χ0n) is 18.0. The lowest BCUT2D eigenvalue weighted by molar-refractivity contribution is -0.185. The standard InChI is InChI=1S/C25H17F9O/c1-2-3-14-4-6-16(7-5-14)25(33,34)35-17-12-21(28)23(22(29)13-17)15-10-19(26)18(20(27)11-15)8-9-24(30,31)32/h4-13H,2-3H2,1H3/b9-8+. The summed E-state index contributed by atoms with van der Waals surface area (Å²) in [7, 11) is 0. The normalized spacial score (nSPS) is 12.4. The Morgan fingerprint density at radius 1 is 0.771 bits per heavy atom. The maximum Gasteiger partial charge on any atom is 0.426 e. The van der Waals surface area contributed by atoms with Crippen molar-refractivity contribution < 1.29 is 44.3 Å². The van der Waals surface area contributed by atoms with Gasteiger partial charge in [0.2, 0.25) is 0 Å². The Morgan fingerprint density at radius 3 is 1.80 bits per heavy atom. The van der Waals surface area contributed by atoms with Gasteiger partial charge in [-0.1, -0.05) is 25.5 Å². The van der Waals surface area contributed by atoms with Gasteiger partial charge in [0.05, 0.1) is 11.1 Å². The second-order valence-electron chi connectivity index (χ2n) is 7.56. The van der Waals surface area contributed by atoms with E-state index in [0.29, 0.717) is 30.7 Å². The number of benzene rings is 3. The minimum absolute atomic E-state index is 0.134. The van der Waals surface area contributed by atoms with Gasteiger partial charge in [-0.2, -0.15) is 22.0 Å². The molecule has 0 bridgehead atoms. The zero-order chi connectivity index (χ0) is 26.0. The van der Waals surface area contributed by atoms with E-state index in [-0.39, 0.29) is 6.08 Å². The van der Waals surface area contributed by atoms with Gasteiger partial charge in [-0.25, -0.2) is 17.6 Å². The molecule has 3 rings (SSSR count). The van der Waals surface area contributed by atoms with Crippen LogP contribution in [-0.2, 0) is 12.5 Å². The van der Waals surface area contributed by atoms with Crippen molar-refractivity contribution in [2.24, 2.45) is 0 Å². The lowest BCUT2D eigenvalue weighted by atomic mass is 10.0. The molecule has 0 aliphatic rings. The number of ether oxygens (including phenoxy) is 1. The first kappa shape index (κ1) is 26.2. The predicted molar refractivity (Wildman–Crippen MR) is 112 cm³/mol. The molecule has 0 aromatic heterocycles. The molecule has 35 heavy (non-hydrogen) atoms. The Kier molecular flexibility index (Phi) is 7.52. The van der Waals surface area contributed by atoms with Crippen molar-refractivity contribution in [3.63, 3.8) is 0 Å². The highest BCUT2D eigenvalue weighted by molar-refractivity contribution is 5.68. The monoisotopic (exact) mass is 504 g/mol. The highest BCUT2D eigenvalue weighted by Gasteiger charge is 2.35. The number of rotatable bonds is 7. The summed E-state index contributed by atoms with van der Waals surface area (Å²) in [5.41, 5.74) is -2.49. The molecule has 0 atom stereocenters. The molecule has 0 spiro atoms. The molecule has 0 radical (unpaired) electrons. The van der Waals surface area contributed by atoms with Crippen LogP contribution in [-0.4, -0.2) is 6.18 Å². The number of hydrogen-bond acceptors (Lipinski definition) is 1. The topological polar surface area (TPSA) is 9.23 Å². The molecular formula is C25H17F9O. The molecule has 0 amide bonds. The summed E-state index contributed by atoms with van der Waals surface area (Å²) in [5, 5.41) is 0. The summed E-state index contributed by atoms with van der Waals surface area (Å²) >= 11 is 0. The van der Waals surface area contributed by atoms with E-state index in [1.807, 2.05) is 6.92 Å². The van der Waals surface area contributed by atoms with Gasteiger partial charge >= 0.3 is 12.3 Å². The molecule has 10 heteroatoms. The highest BCUT2D eigenvalue weighted by Crippen LogP contribution is 2.36. The molecule has 3 aromatic rings. The summed E-state index contributed by atoms with van der Waals surface area (Å²) in [4.78, 5) is 0. The van der Waals surface area contributed by atoms with Crippen LogP contribution in [0.5, 0.6) is 5.75 Å². The van der Waals surface area contributed by atoms with Gasteiger partial charge < -0.3 is 4.74 Å². The molecule has 3 aromatic carbocycles. The largest absolute Gasteiger partial charge is 0.429 e. The second-order valence-corrected chi connectivity index (χ2v) is 7.56. The smallest absolute Gasteiger partial charge is 0.426 e. The van der Waals surface area contributed by atoms with Crippen LogP contribution in [0.15, 0.2) is 54.6 Å². The van der Waals surface area contributed by atoms with Crippen molar-refractivity contribution in [3.8, 4) is 16.9 Å². The van der Waals surface area contributed by atoms with E-state index in [1.54, 1.807) is 0 Å². The van der Waals surface area contributed by atoms with Crippen molar-refractivity contribution in [3.05, 3.63) is 94.6 Å². The van der Waals surface area contributed by atoms with Crippen LogP contribution >= 0.6 is 0 Å². The van der Waals surface area contributed by atoms with Crippen LogP contribution in [0.4, 0.5) is 39.5 Å². The summed E-state index contributed by atoms with van der Waals surface area (Å²) in [5.74, 6) is -6.88. The second kappa shape index (κ2) is 10.1. The molecular weight excluding hydrogens is 487 g/mol. The van der Waals surface area contributed by atoms with Crippen LogP contribution in [0.1, 0.15) is 30.0 Å². The first-order chi connectivity index (χ1) is 16.3. The Labute approximate surface area is 194 Å². The molecule has 186 valence electrons. The molecule has 0 N–H and O–H groups in total. The Bertz CT molecular complexity index is 1180. The fourth-order valence-corrected chi connectivity index (χ4v) is 3.31. The van der Waals surface area contributed by atoms with E-state index >= 15 is 0 Å². The summed E-state index contributed by atoms with van der Waals surface area (Å²) < 4.78 is 128.